The molecule has 20 aromatic rings. The van der Waals surface area contributed by atoms with Crippen LogP contribution in [0.25, 0.3) is 167 Å². The highest BCUT2D eigenvalue weighted by molar-refractivity contribution is 5.98. The van der Waals surface area contributed by atoms with E-state index in [1.807, 2.05) is 140 Å². The van der Waals surface area contributed by atoms with Crippen LogP contribution in [0.1, 0.15) is 27.8 Å². The fourth-order valence-electron chi connectivity index (χ4n) is 15.3. The average Bonchev–Trinajstić information content (AvgIpc) is 0.794. The zero-order valence-electron chi connectivity index (χ0n) is 68.5. The summed E-state index contributed by atoms with van der Waals surface area (Å²) in [4.78, 5) is 56.8. The fourth-order valence-corrected chi connectivity index (χ4v) is 15.3. The first kappa shape index (κ1) is 78.3. The van der Waals surface area contributed by atoms with Crippen LogP contribution in [0.2, 0.25) is 0 Å². The molecule has 0 fully saturated rings. The maximum absolute atomic E-state index is 4.58. The average molecular weight is 1560 g/mol. The highest BCUT2D eigenvalue weighted by atomic mass is 15.0. The first-order valence-electron chi connectivity index (χ1n) is 39.5. The highest BCUT2D eigenvalue weighted by Gasteiger charge is 2.24. The van der Waals surface area contributed by atoms with E-state index in [9.17, 15) is 0 Å². The molecule has 0 aliphatic carbocycles. The molecule has 580 valence electrons. The summed E-state index contributed by atoms with van der Waals surface area (Å²) in [6, 6.07) is 85.6. The molecule has 0 bridgehead atoms. The van der Waals surface area contributed by atoms with Crippen molar-refractivity contribution in [2.24, 2.45) is 35.2 Å². The third-order valence-electron chi connectivity index (χ3n) is 21.4. The van der Waals surface area contributed by atoms with E-state index in [-0.39, 0.29) is 0 Å². The minimum atomic E-state index is 0.724. The normalized spacial score (nSPS) is 10.9. The van der Waals surface area contributed by atoms with Crippen molar-refractivity contribution in [3.8, 4) is 112 Å². The van der Waals surface area contributed by atoms with Crippen LogP contribution in [0, 0.1) is 34.6 Å². The van der Waals surface area contributed by atoms with Crippen molar-refractivity contribution < 1.29 is 22.8 Å². The van der Waals surface area contributed by atoms with Crippen molar-refractivity contribution in [3.05, 3.63) is 376 Å². The third-order valence-corrected chi connectivity index (χ3v) is 21.4. The summed E-state index contributed by atoms with van der Waals surface area (Å²) in [5.41, 5.74) is 32.6. The summed E-state index contributed by atoms with van der Waals surface area (Å²) < 4.78 is 10.4. The third kappa shape index (κ3) is 16.9. The van der Waals surface area contributed by atoms with Crippen molar-refractivity contribution >= 4 is 54.5 Å². The van der Waals surface area contributed by atoms with Crippen LogP contribution in [-0.2, 0) is 35.2 Å². The number of pyridine rings is 2. The lowest BCUT2D eigenvalue weighted by Gasteiger charge is -2.09. The minimum Gasteiger partial charge on any atom is -0.265 e. The van der Waals surface area contributed by atoms with Crippen molar-refractivity contribution in [3.63, 3.8) is 0 Å². The molecule has 0 spiro atoms. The number of fused-ring (bicyclic) bond motifs is 5. The zero-order valence-corrected chi connectivity index (χ0v) is 68.5. The Morgan fingerprint density at radius 3 is 0.908 bits per heavy atom. The summed E-state index contributed by atoms with van der Waals surface area (Å²) in [5.74, 6) is 0.724. The van der Waals surface area contributed by atoms with E-state index in [4.69, 9.17) is 0 Å². The molecular weight excluding hydrogens is 1480 g/mol. The number of rotatable bonds is 10. The lowest BCUT2D eigenvalue weighted by Crippen LogP contribution is -2.31. The number of benzene rings is 10. The van der Waals surface area contributed by atoms with Gasteiger partial charge in [-0.1, -0.05) is 127 Å². The van der Waals surface area contributed by atoms with Gasteiger partial charge < -0.3 is 0 Å². The Morgan fingerprint density at radius 1 is 0.208 bits per heavy atom. The smallest absolute Gasteiger partial charge is 0.265 e. The lowest BCUT2D eigenvalue weighted by molar-refractivity contribution is -0.662. The molecule has 10 aromatic heterocycles. The van der Waals surface area contributed by atoms with Gasteiger partial charge in [-0.3, -0.25) is 19.9 Å². The molecule has 0 saturated heterocycles. The maximum atomic E-state index is 4.58. The summed E-state index contributed by atoms with van der Waals surface area (Å²) in [5, 5.41) is 5.63. The van der Waals surface area contributed by atoms with Crippen molar-refractivity contribution in [2.45, 2.75) is 34.6 Å². The summed E-state index contributed by atoms with van der Waals surface area (Å²) >= 11 is 0. The van der Waals surface area contributed by atoms with Crippen LogP contribution in [0.3, 0.4) is 0 Å². The van der Waals surface area contributed by atoms with Gasteiger partial charge in [0.05, 0.1) is 79.8 Å². The summed E-state index contributed by atoms with van der Waals surface area (Å²) in [7, 11) is 10.2. The molecule has 0 aliphatic rings. The molecule has 0 N–H and O–H groups in total. The molecule has 18 heteroatoms. The Hall–Kier alpha value is -15.6. The molecule has 0 unspecified atom stereocenters. The SMILES string of the molecule is Cc1ccccc1-c1c2cc(-c3cccnc3)ccc2nc[n+]1C.Cc1ccccc1-c1c2cc(-c3ccncc3)ccc2nc[n+]1C.Cc1ccccc1-c1c2cc(-c3ccncn3)ccc2nc[n+]1C.Cc1ccccc1-c1c2cc(-c3cnccn3)ccc2nc[n+]1C.Cc1ccccc1-c1c2cc(-c3ncccn3)ccc2nc[n+]1C. The van der Waals surface area contributed by atoms with Gasteiger partial charge in [-0.05, 0) is 225 Å². The molecule has 0 saturated carbocycles. The molecule has 0 atom stereocenters. The second-order valence-electron chi connectivity index (χ2n) is 29.5. The second-order valence-corrected chi connectivity index (χ2v) is 29.5. The van der Waals surface area contributed by atoms with Gasteiger partial charge in [0.15, 0.2) is 33.4 Å². The van der Waals surface area contributed by atoms with E-state index >= 15 is 0 Å². The maximum Gasteiger partial charge on any atom is 0.287 e. The van der Waals surface area contributed by atoms with Crippen LogP contribution >= 0.6 is 0 Å². The number of aryl methyl sites for hydroxylation is 10. The van der Waals surface area contributed by atoms with E-state index in [0.717, 1.165) is 122 Å². The molecule has 0 radical (unpaired) electrons. The molecule has 10 aromatic carbocycles. The van der Waals surface area contributed by atoms with E-state index in [1.54, 1.807) is 49.7 Å². The Bertz CT molecular complexity index is 6110. The van der Waals surface area contributed by atoms with Gasteiger partial charge in [0.2, 0.25) is 0 Å². The van der Waals surface area contributed by atoms with Crippen LogP contribution < -0.4 is 22.8 Å². The summed E-state index contributed by atoms with van der Waals surface area (Å²) in [6.07, 6.45) is 28.7. The minimum absolute atomic E-state index is 0.724. The fraction of sp³-hybridized carbons (Fsp3) is 0.0980. The van der Waals surface area contributed by atoms with Gasteiger partial charge in [0, 0.05) is 106 Å². The Balaban J connectivity index is 0.000000112. The second kappa shape index (κ2) is 35.7. The molecule has 10 heterocycles. The van der Waals surface area contributed by atoms with Crippen molar-refractivity contribution in [1.82, 2.24) is 64.8 Å². The molecule has 120 heavy (non-hydrogen) atoms. The number of hydrogen-bond donors (Lipinski definition) is 0. The molecule has 0 aliphatic heterocycles. The topological polar surface area (TPSA) is 187 Å². The zero-order chi connectivity index (χ0) is 82.6. The first-order valence-corrected chi connectivity index (χ1v) is 39.5. The molecule has 18 nitrogen and oxygen atoms in total. The van der Waals surface area contributed by atoms with Gasteiger partial charge in [-0.2, -0.15) is 0 Å². The Kier molecular flexibility index (Phi) is 23.3. The van der Waals surface area contributed by atoms with Gasteiger partial charge in [-0.15, -0.1) is 0 Å². The number of nitrogens with zero attached hydrogens (tertiary/aromatic N) is 18. The van der Waals surface area contributed by atoms with Crippen LogP contribution in [0.15, 0.2) is 349 Å². The number of aromatic nitrogens is 18. The lowest BCUT2D eigenvalue weighted by atomic mass is 9.98. The Labute approximate surface area is 696 Å². The van der Waals surface area contributed by atoms with Crippen LogP contribution in [0.4, 0.5) is 0 Å². The van der Waals surface area contributed by atoms with E-state index in [1.165, 1.54) is 72.6 Å². The largest absolute Gasteiger partial charge is 0.287 e. The highest BCUT2D eigenvalue weighted by Crippen LogP contribution is 2.37. The predicted octanol–water partition coefficient (Wildman–Crippen LogP) is 18.7. The van der Waals surface area contributed by atoms with E-state index in [0.29, 0.717) is 0 Å². The van der Waals surface area contributed by atoms with Crippen molar-refractivity contribution in [2.75, 3.05) is 0 Å². The van der Waals surface area contributed by atoms with E-state index < -0.39 is 0 Å². The standard InChI is InChI=1S/2C21H18N3.3C20H17N4/c1-15-6-3-4-8-18(15)21-19-12-16(17-7-5-11-22-13-17)9-10-20(19)23-14-24(21)2;1-15-5-3-4-6-18(15)21-19-13-17(16-9-11-22-12-10-16)7-8-20(19)23-14-24(21)2;1-14-6-3-4-7-16(14)19-17-12-15(20-21-10-5-11-22-20)8-9-18(17)23-13-24(19)2;1-14-5-3-4-6-16(14)20-17-11-15(18-9-10-21-12-22-18)7-8-19(17)23-13-24(20)2;1-14-5-3-4-6-16(14)20-17-11-15(19-12-21-9-10-22-19)7-8-18(17)23-13-24(20)2/h2*3-14H,1-2H3;3*3-13H,1-2H3/q5*+1. The summed E-state index contributed by atoms with van der Waals surface area (Å²) in [6.45, 7) is 10.7. The van der Waals surface area contributed by atoms with Gasteiger partial charge in [0.1, 0.15) is 34.8 Å². The quantitative estimate of drug-likeness (QED) is 0.118. The van der Waals surface area contributed by atoms with Crippen LogP contribution in [0.5, 0.6) is 0 Å². The molecule has 0 amide bonds. The van der Waals surface area contributed by atoms with Gasteiger partial charge in [-0.25, -0.2) is 42.8 Å². The van der Waals surface area contributed by atoms with Crippen LogP contribution in [-0.4, -0.2) is 64.8 Å². The van der Waals surface area contributed by atoms with E-state index in [2.05, 4.69) is 316 Å². The molecule has 20 rings (SSSR count). The van der Waals surface area contributed by atoms with Gasteiger partial charge >= 0.3 is 0 Å². The Morgan fingerprint density at radius 2 is 0.550 bits per heavy atom. The number of hydrogen-bond acceptors (Lipinski definition) is 13. The van der Waals surface area contributed by atoms with Crippen molar-refractivity contribution in [1.29, 1.82) is 0 Å². The predicted molar refractivity (Wildman–Crippen MR) is 475 cm³/mol. The molecular formula is C102H87N18+5. The monoisotopic (exact) mass is 1560 g/mol. The first-order chi connectivity index (χ1) is 58.7. The van der Waals surface area contributed by atoms with Gasteiger partial charge in [0.25, 0.3) is 31.6 Å².